The maximum absolute atomic E-state index is 12.2. The molecule has 1 unspecified atom stereocenters. The van der Waals surface area contributed by atoms with Crippen LogP contribution in [0.4, 0.5) is 0 Å². The van der Waals surface area contributed by atoms with Crippen molar-refractivity contribution >= 4 is 23.6 Å². The van der Waals surface area contributed by atoms with Crippen LogP contribution in [0.5, 0.6) is 0 Å². The highest BCUT2D eigenvalue weighted by Gasteiger charge is 2.24. The molecule has 5 nitrogen and oxygen atoms in total. The van der Waals surface area contributed by atoms with Crippen LogP contribution in [0.1, 0.15) is 29.3 Å². The van der Waals surface area contributed by atoms with E-state index in [0.717, 1.165) is 48.9 Å². The standard InChI is InChI=1S/C25H34N4OS/c1-4-26-25(27-15-13-20-9-8-10-22(17-20)24(30)28(2)3)29-16-14-21(18-29)19-31-23-11-6-5-7-12-23/h5-12,17,21H,4,13-16,18-19H2,1-3H3,(H,26,27). The lowest BCUT2D eigenvalue weighted by atomic mass is 10.1. The van der Waals surface area contributed by atoms with Gasteiger partial charge in [-0.1, -0.05) is 30.3 Å². The Bertz CT molecular complexity index is 869. The molecule has 0 aliphatic carbocycles. The summed E-state index contributed by atoms with van der Waals surface area (Å²) in [5.41, 5.74) is 1.88. The molecule has 1 heterocycles. The minimum atomic E-state index is 0.0372. The summed E-state index contributed by atoms with van der Waals surface area (Å²) in [5.74, 6) is 2.88. The SMILES string of the molecule is CCNC(=NCCc1cccc(C(=O)N(C)C)c1)N1CCC(CSc2ccccc2)C1. The second-order valence-corrected chi connectivity index (χ2v) is 9.20. The Morgan fingerprint density at radius 1 is 1.19 bits per heavy atom. The first-order valence-electron chi connectivity index (χ1n) is 11.1. The number of carbonyl (C=O) groups is 1. The second-order valence-electron chi connectivity index (χ2n) is 8.11. The molecular weight excluding hydrogens is 404 g/mol. The number of carbonyl (C=O) groups excluding carboxylic acids is 1. The fourth-order valence-electron chi connectivity index (χ4n) is 3.73. The summed E-state index contributed by atoms with van der Waals surface area (Å²) in [4.78, 5) is 22.4. The first-order valence-corrected chi connectivity index (χ1v) is 12.1. The van der Waals surface area contributed by atoms with E-state index in [9.17, 15) is 4.79 Å². The molecule has 0 bridgehead atoms. The van der Waals surface area contributed by atoms with E-state index in [4.69, 9.17) is 4.99 Å². The molecule has 166 valence electrons. The summed E-state index contributed by atoms with van der Waals surface area (Å²) < 4.78 is 0. The number of amides is 1. The number of likely N-dealkylation sites (tertiary alicyclic amines) is 1. The minimum absolute atomic E-state index is 0.0372. The Balaban J connectivity index is 1.53. The van der Waals surface area contributed by atoms with Crippen LogP contribution in [0.3, 0.4) is 0 Å². The van der Waals surface area contributed by atoms with Gasteiger partial charge in [0.1, 0.15) is 0 Å². The van der Waals surface area contributed by atoms with Gasteiger partial charge in [0, 0.05) is 56.5 Å². The van der Waals surface area contributed by atoms with Crippen LogP contribution >= 0.6 is 11.8 Å². The minimum Gasteiger partial charge on any atom is -0.357 e. The van der Waals surface area contributed by atoms with Crippen LogP contribution in [-0.4, -0.2) is 67.7 Å². The second kappa shape index (κ2) is 11.8. The number of hydrogen-bond acceptors (Lipinski definition) is 3. The van der Waals surface area contributed by atoms with Crippen molar-refractivity contribution in [3.63, 3.8) is 0 Å². The van der Waals surface area contributed by atoms with Gasteiger partial charge in [-0.2, -0.15) is 0 Å². The molecule has 0 spiro atoms. The highest BCUT2D eigenvalue weighted by molar-refractivity contribution is 7.99. The number of aliphatic imine (C=N–C) groups is 1. The Morgan fingerprint density at radius 2 is 2.00 bits per heavy atom. The van der Waals surface area contributed by atoms with Crippen molar-refractivity contribution in [1.82, 2.24) is 15.1 Å². The third kappa shape index (κ3) is 7.03. The van der Waals surface area contributed by atoms with E-state index in [2.05, 4.69) is 53.5 Å². The summed E-state index contributed by atoms with van der Waals surface area (Å²) >= 11 is 1.95. The highest BCUT2D eigenvalue weighted by Crippen LogP contribution is 2.25. The maximum Gasteiger partial charge on any atom is 0.253 e. The molecule has 2 aromatic carbocycles. The van der Waals surface area contributed by atoms with E-state index >= 15 is 0 Å². The van der Waals surface area contributed by atoms with Gasteiger partial charge >= 0.3 is 0 Å². The molecule has 0 saturated carbocycles. The van der Waals surface area contributed by atoms with Gasteiger partial charge in [-0.25, -0.2) is 0 Å². The summed E-state index contributed by atoms with van der Waals surface area (Å²) in [7, 11) is 3.56. The van der Waals surface area contributed by atoms with E-state index in [1.165, 1.54) is 11.3 Å². The number of hydrogen-bond donors (Lipinski definition) is 1. The summed E-state index contributed by atoms with van der Waals surface area (Å²) in [5, 5.41) is 3.46. The molecule has 31 heavy (non-hydrogen) atoms. The number of nitrogens with one attached hydrogen (secondary N) is 1. The lowest BCUT2D eigenvalue weighted by Gasteiger charge is -2.21. The Labute approximate surface area is 190 Å². The smallest absolute Gasteiger partial charge is 0.253 e. The molecular formula is C25H34N4OS. The molecule has 1 N–H and O–H groups in total. The van der Waals surface area contributed by atoms with Gasteiger partial charge in [0.05, 0.1) is 0 Å². The van der Waals surface area contributed by atoms with E-state index in [1.54, 1.807) is 19.0 Å². The van der Waals surface area contributed by atoms with E-state index in [0.29, 0.717) is 12.5 Å². The van der Waals surface area contributed by atoms with Crippen molar-refractivity contribution in [2.75, 3.05) is 46.0 Å². The Morgan fingerprint density at radius 3 is 2.74 bits per heavy atom. The zero-order valence-electron chi connectivity index (χ0n) is 18.9. The van der Waals surface area contributed by atoms with Crippen molar-refractivity contribution in [2.24, 2.45) is 10.9 Å². The molecule has 1 aliphatic rings. The largest absolute Gasteiger partial charge is 0.357 e. The Kier molecular flexibility index (Phi) is 8.83. The van der Waals surface area contributed by atoms with Crippen molar-refractivity contribution in [3.05, 3.63) is 65.7 Å². The van der Waals surface area contributed by atoms with Gasteiger partial charge in [-0.3, -0.25) is 9.79 Å². The predicted molar refractivity (Wildman–Crippen MR) is 131 cm³/mol. The van der Waals surface area contributed by atoms with Gasteiger partial charge in [0.2, 0.25) is 0 Å². The van der Waals surface area contributed by atoms with Crippen molar-refractivity contribution in [2.45, 2.75) is 24.7 Å². The first kappa shape index (κ1) is 23.2. The number of guanidine groups is 1. The van der Waals surface area contributed by atoms with Crippen LogP contribution in [-0.2, 0) is 6.42 Å². The molecule has 0 radical (unpaired) electrons. The maximum atomic E-state index is 12.2. The zero-order chi connectivity index (χ0) is 22.1. The van der Waals surface area contributed by atoms with Crippen molar-refractivity contribution in [3.8, 4) is 0 Å². The zero-order valence-corrected chi connectivity index (χ0v) is 19.7. The normalized spacial score (nSPS) is 16.4. The molecule has 1 aliphatic heterocycles. The van der Waals surface area contributed by atoms with E-state index in [1.807, 2.05) is 30.0 Å². The molecule has 0 aromatic heterocycles. The summed E-state index contributed by atoms with van der Waals surface area (Å²) in [6.07, 6.45) is 2.03. The predicted octanol–water partition coefficient (Wildman–Crippen LogP) is 4.01. The van der Waals surface area contributed by atoms with Gasteiger partial charge in [-0.15, -0.1) is 11.8 Å². The van der Waals surface area contributed by atoms with Crippen LogP contribution < -0.4 is 5.32 Å². The third-order valence-electron chi connectivity index (χ3n) is 5.39. The van der Waals surface area contributed by atoms with E-state index < -0.39 is 0 Å². The fraction of sp³-hybridized carbons (Fsp3) is 0.440. The van der Waals surface area contributed by atoms with Gasteiger partial charge in [-0.05, 0) is 55.5 Å². The van der Waals surface area contributed by atoms with Crippen LogP contribution in [0.25, 0.3) is 0 Å². The lowest BCUT2D eigenvalue weighted by Crippen LogP contribution is -2.40. The molecule has 3 rings (SSSR count). The van der Waals surface area contributed by atoms with Crippen LogP contribution in [0.15, 0.2) is 64.5 Å². The Hall–Kier alpha value is -2.47. The number of benzene rings is 2. The third-order valence-corrected chi connectivity index (χ3v) is 6.63. The number of rotatable bonds is 8. The summed E-state index contributed by atoms with van der Waals surface area (Å²) in [6, 6.07) is 18.5. The van der Waals surface area contributed by atoms with Crippen molar-refractivity contribution < 1.29 is 4.79 Å². The summed E-state index contributed by atoms with van der Waals surface area (Å²) in [6.45, 7) is 5.80. The molecule has 1 atom stereocenters. The molecule has 1 fully saturated rings. The number of nitrogens with zero attached hydrogens (tertiary/aromatic N) is 3. The number of thioether (sulfide) groups is 1. The van der Waals surface area contributed by atoms with Gasteiger partial charge < -0.3 is 15.1 Å². The average molecular weight is 439 g/mol. The molecule has 1 amide bonds. The van der Waals surface area contributed by atoms with Crippen LogP contribution in [0, 0.1) is 5.92 Å². The quantitative estimate of drug-likeness (QED) is 0.384. The molecule has 2 aromatic rings. The monoisotopic (exact) mass is 438 g/mol. The van der Waals surface area contributed by atoms with Crippen LogP contribution in [0.2, 0.25) is 0 Å². The van der Waals surface area contributed by atoms with Gasteiger partial charge in [0.25, 0.3) is 5.91 Å². The molecule has 6 heteroatoms. The topological polar surface area (TPSA) is 47.9 Å². The first-order chi connectivity index (χ1) is 15.1. The van der Waals surface area contributed by atoms with Crippen molar-refractivity contribution in [1.29, 1.82) is 0 Å². The molecule has 1 saturated heterocycles. The van der Waals surface area contributed by atoms with Gasteiger partial charge in [0.15, 0.2) is 5.96 Å². The average Bonchev–Trinajstić information content (AvgIpc) is 3.26. The fourth-order valence-corrected chi connectivity index (χ4v) is 4.78. The highest BCUT2D eigenvalue weighted by atomic mass is 32.2. The van der Waals surface area contributed by atoms with E-state index in [-0.39, 0.29) is 5.91 Å². The lowest BCUT2D eigenvalue weighted by molar-refractivity contribution is 0.0827.